The molecule has 1 amide bonds. The number of carbonyl (C=O) groups is 1. The fourth-order valence-corrected chi connectivity index (χ4v) is 2.30. The number of nitrogens with one attached hydrogen (secondary N) is 1. The molecule has 4 heteroatoms. The van der Waals surface area contributed by atoms with Gasteiger partial charge >= 0.3 is 0 Å². The Kier molecular flexibility index (Phi) is 4.09. The van der Waals surface area contributed by atoms with Gasteiger partial charge in [-0.3, -0.25) is 9.78 Å². The van der Waals surface area contributed by atoms with Crippen molar-refractivity contribution < 1.29 is 4.79 Å². The number of aromatic nitrogens is 1. The Labute approximate surface area is 102 Å². The number of carbonyl (C=O) groups excluding carboxylic acids is 1. The molecular formula is C13H19N3O. The third kappa shape index (κ3) is 3.53. The lowest BCUT2D eigenvalue weighted by atomic mass is 9.85. The molecule has 2 atom stereocenters. The van der Waals surface area contributed by atoms with Crippen LogP contribution >= 0.6 is 0 Å². The van der Waals surface area contributed by atoms with E-state index in [0.717, 1.165) is 31.2 Å². The van der Waals surface area contributed by atoms with E-state index in [2.05, 4.69) is 10.3 Å². The summed E-state index contributed by atoms with van der Waals surface area (Å²) >= 11 is 0. The van der Waals surface area contributed by atoms with Gasteiger partial charge in [-0.25, -0.2) is 0 Å². The standard InChI is InChI=1S/C13H19N3O/c14-12-5-1-4-11(7-12)13(17)16-9-10-3-2-6-15-8-10/h2-3,6,8,11-12H,1,4-5,7,9,14H2,(H,16,17). The van der Waals surface area contributed by atoms with Gasteiger partial charge in [0.05, 0.1) is 0 Å². The second-order valence-electron chi connectivity index (χ2n) is 4.70. The van der Waals surface area contributed by atoms with Gasteiger partial charge in [0.2, 0.25) is 5.91 Å². The van der Waals surface area contributed by atoms with E-state index in [1.165, 1.54) is 0 Å². The molecule has 1 aromatic rings. The molecule has 4 nitrogen and oxygen atoms in total. The van der Waals surface area contributed by atoms with Gasteiger partial charge in [0.25, 0.3) is 0 Å². The lowest BCUT2D eigenvalue weighted by Gasteiger charge is -2.25. The van der Waals surface area contributed by atoms with E-state index in [-0.39, 0.29) is 17.9 Å². The van der Waals surface area contributed by atoms with Crippen LogP contribution in [0.2, 0.25) is 0 Å². The predicted octanol–water partition coefficient (Wildman–Crippen LogP) is 1.22. The summed E-state index contributed by atoms with van der Waals surface area (Å²) in [6.45, 7) is 0.554. The molecule has 0 spiro atoms. The second-order valence-corrected chi connectivity index (χ2v) is 4.70. The number of pyridine rings is 1. The number of nitrogens with zero attached hydrogens (tertiary/aromatic N) is 1. The van der Waals surface area contributed by atoms with Crippen LogP contribution in [-0.4, -0.2) is 16.9 Å². The summed E-state index contributed by atoms with van der Waals surface area (Å²) in [6.07, 6.45) is 7.39. The van der Waals surface area contributed by atoms with Crippen LogP contribution in [-0.2, 0) is 11.3 Å². The highest BCUT2D eigenvalue weighted by Gasteiger charge is 2.24. The van der Waals surface area contributed by atoms with Gasteiger partial charge in [-0.2, -0.15) is 0 Å². The minimum Gasteiger partial charge on any atom is -0.352 e. The molecule has 17 heavy (non-hydrogen) atoms. The molecule has 1 aliphatic rings. The van der Waals surface area contributed by atoms with Gasteiger partial charge in [0.15, 0.2) is 0 Å². The van der Waals surface area contributed by atoms with Crippen LogP contribution in [0.3, 0.4) is 0 Å². The molecule has 1 fully saturated rings. The predicted molar refractivity (Wildman–Crippen MR) is 66.0 cm³/mol. The Morgan fingerprint density at radius 2 is 2.41 bits per heavy atom. The number of hydrogen-bond acceptors (Lipinski definition) is 3. The van der Waals surface area contributed by atoms with Crippen LogP contribution in [0.25, 0.3) is 0 Å². The Hall–Kier alpha value is -1.42. The fourth-order valence-electron chi connectivity index (χ4n) is 2.30. The zero-order valence-electron chi connectivity index (χ0n) is 9.93. The molecule has 1 saturated carbocycles. The molecule has 3 N–H and O–H groups in total. The summed E-state index contributed by atoms with van der Waals surface area (Å²) in [5.41, 5.74) is 6.91. The quantitative estimate of drug-likeness (QED) is 0.824. The highest BCUT2D eigenvalue weighted by Crippen LogP contribution is 2.23. The van der Waals surface area contributed by atoms with Gasteiger partial charge in [-0.1, -0.05) is 12.5 Å². The molecule has 0 bridgehead atoms. The van der Waals surface area contributed by atoms with Crippen molar-refractivity contribution in [3.8, 4) is 0 Å². The smallest absolute Gasteiger partial charge is 0.223 e. The molecule has 1 heterocycles. The van der Waals surface area contributed by atoms with Gasteiger partial charge in [0, 0.05) is 30.9 Å². The molecular weight excluding hydrogens is 214 g/mol. The highest BCUT2D eigenvalue weighted by molar-refractivity contribution is 5.78. The van der Waals surface area contributed by atoms with Crippen molar-refractivity contribution in [3.05, 3.63) is 30.1 Å². The van der Waals surface area contributed by atoms with E-state index in [1.54, 1.807) is 12.4 Å². The van der Waals surface area contributed by atoms with Crippen LogP contribution in [0.15, 0.2) is 24.5 Å². The van der Waals surface area contributed by atoms with E-state index in [0.29, 0.717) is 6.54 Å². The summed E-state index contributed by atoms with van der Waals surface area (Å²) in [7, 11) is 0. The second kappa shape index (κ2) is 5.77. The van der Waals surface area contributed by atoms with Crippen molar-refractivity contribution in [1.82, 2.24) is 10.3 Å². The van der Waals surface area contributed by atoms with Crippen molar-refractivity contribution in [3.63, 3.8) is 0 Å². The number of rotatable bonds is 3. The van der Waals surface area contributed by atoms with E-state index in [1.807, 2.05) is 12.1 Å². The van der Waals surface area contributed by atoms with Crippen LogP contribution < -0.4 is 11.1 Å². The molecule has 1 aliphatic carbocycles. The zero-order valence-corrected chi connectivity index (χ0v) is 9.93. The first-order valence-corrected chi connectivity index (χ1v) is 6.18. The van der Waals surface area contributed by atoms with E-state index >= 15 is 0 Å². The Morgan fingerprint density at radius 3 is 3.12 bits per heavy atom. The zero-order chi connectivity index (χ0) is 12.1. The van der Waals surface area contributed by atoms with Crippen LogP contribution in [0.1, 0.15) is 31.2 Å². The molecule has 2 rings (SSSR count). The first kappa shape index (κ1) is 12.0. The average Bonchev–Trinajstić information content (AvgIpc) is 2.37. The normalized spacial score (nSPS) is 24.3. The van der Waals surface area contributed by atoms with Crippen molar-refractivity contribution in [2.24, 2.45) is 11.7 Å². The summed E-state index contributed by atoms with van der Waals surface area (Å²) < 4.78 is 0. The first-order valence-electron chi connectivity index (χ1n) is 6.18. The summed E-state index contributed by atoms with van der Waals surface area (Å²) in [5.74, 6) is 0.222. The first-order chi connectivity index (χ1) is 8.25. The van der Waals surface area contributed by atoms with Crippen LogP contribution in [0.4, 0.5) is 0 Å². The van der Waals surface area contributed by atoms with Gasteiger partial charge in [-0.05, 0) is 30.9 Å². The maximum Gasteiger partial charge on any atom is 0.223 e. The Bertz CT molecular complexity index is 366. The van der Waals surface area contributed by atoms with E-state index < -0.39 is 0 Å². The van der Waals surface area contributed by atoms with E-state index in [4.69, 9.17) is 5.73 Å². The van der Waals surface area contributed by atoms with Crippen molar-refractivity contribution in [1.29, 1.82) is 0 Å². The fraction of sp³-hybridized carbons (Fsp3) is 0.538. The van der Waals surface area contributed by atoms with Crippen molar-refractivity contribution in [2.45, 2.75) is 38.3 Å². The molecule has 2 unspecified atom stereocenters. The number of hydrogen-bond donors (Lipinski definition) is 2. The minimum absolute atomic E-state index is 0.0930. The van der Waals surface area contributed by atoms with Crippen molar-refractivity contribution >= 4 is 5.91 Å². The lowest BCUT2D eigenvalue weighted by Crippen LogP contribution is -2.37. The molecule has 92 valence electrons. The van der Waals surface area contributed by atoms with Gasteiger partial charge in [-0.15, -0.1) is 0 Å². The summed E-state index contributed by atoms with van der Waals surface area (Å²) in [6, 6.07) is 4.02. The molecule has 1 aromatic heterocycles. The monoisotopic (exact) mass is 233 g/mol. The third-order valence-electron chi connectivity index (χ3n) is 3.28. The molecule has 0 aromatic carbocycles. The lowest BCUT2D eigenvalue weighted by molar-refractivity contribution is -0.126. The SMILES string of the molecule is NC1CCCC(C(=O)NCc2cccnc2)C1. The van der Waals surface area contributed by atoms with Crippen LogP contribution in [0.5, 0.6) is 0 Å². The summed E-state index contributed by atoms with van der Waals surface area (Å²) in [4.78, 5) is 15.9. The summed E-state index contributed by atoms with van der Waals surface area (Å²) in [5, 5.41) is 2.95. The maximum atomic E-state index is 11.9. The molecule has 0 aliphatic heterocycles. The third-order valence-corrected chi connectivity index (χ3v) is 3.28. The topological polar surface area (TPSA) is 68.0 Å². The van der Waals surface area contributed by atoms with Crippen LogP contribution in [0, 0.1) is 5.92 Å². The minimum atomic E-state index is 0.0930. The highest BCUT2D eigenvalue weighted by atomic mass is 16.1. The van der Waals surface area contributed by atoms with Gasteiger partial charge < -0.3 is 11.1 Å². The molecule has 0 saturated heterocycles. The Morgan fingerprint density at radius 1 is 1.53 bits per heavy atom. The maximum absolute atomic E-state index is 11.9. The average molecular weight is 233 g/mol. The Balaban J connectivity index is 1.81. The number of amides is 1. The number of nitrogens with two attached hydrogens (primary N) is 1. The van der Waals surface area contributed by atoms with E-state index in [9.17, 15) is 4.79 Å². The largest absolute Gasteiger partial charge is 0.352 e. The molecule has 0 radical (unpaired) electrons. The van der Waals surface area contributed by atoms with Crippen molar-refractivity contribution in [2.75, 3.05) is 0 Å². The van der Waals surface area contributed by atoms with Gasteiger partial charge in [0.1, 0.15) is 0 Å².